The lowest BCUT2D eigenvalue weighted by atomic mass is 10.2. The maximum atomic E-state index is 13.7. The zero-order chi connectivity index (χ0) is 22.5. The zero-order valence-electron chi connectivity index (χ0n) is 17.1. The van der Waals surface area contributed by atoms with Crippen molar-refractivity contribution in [1.29, 1.82) is 0 Å². The maximum absolute atomic E-state index is 13.7. The quantitative estimate of drug-likeness (QED) is 0.500. The van der Waals surface area contributed by atoms with Gasteiger partial charge in [-0.15, -0.1) is 10.2 Å². The van der Waals surface area contributed by atoms with Gasteiger partial charge in [-0.1, -0.05) is 23.9 Å². The number of nitrogens with one attached hydrogen (secondary N) is 2. The van der Waals surface area contributed by atoms with Crippen LogP contribution in [0.25, 0.3) is 0 Å². The van der Waals surface area contributed by atoms with Crippen molar-refractivity contribution >= 4 is 29.3 Å². The second-order valence-corrected chi connectivity index (χ2v) is 7.79. The fraction of sp³-hybridized carbons (Fsp3) is 0.238. The summed E-state index contributed by atoms with van der Waals surface area (Å²) in [4.78, 5) is 24.4. The lowest BCUT2D eigenvalue weighted by Gasteiger charge is -2.07. The standard InChI is InChI=1S/C21H20FN5O4S/c1-27-18(8-9-23-20(29)14-4-2-3-5-15(14)22)25-26-21(27)32-11-19(28)24-13-6-7-16-17(10-13)31-12-30-16/h2-7,10H,8-9,11-12H2,1H3,(H,23,29)(H,24,28). The third-order valence-electron chi connectivity index (χ3n) is 4.67. The largest absolute Gasteiger partial charge is 0.454 e. The summed E-state index contributed by atoms with van der Waals surface area (Å²) in [5.74, 6) is 0.767. The Balaban J connectivity index is 1.25. The predicted octanol–water partition coefficient (Wildman–Crippen LogP) is 2.39. The van der Waals surface area contributed by atoms with Crippen molar-refractivity contribution < 1.29 is 23.5 Å². The second-order valence-electron chi connectivity index (χ2n) is 6.85. The average molecular weight is 457 g/mol. The Kier molecular flexibility index (Phi) is 6.55. The van der Waals surface area contributed by atoms with E-state index in [-0.39, 0.29) is 30.6 Å². The second kappa shape index (κ2) is 9.69. The summed E-state index contributed by atoms with van der Waals surface area (Å²) in [7, 11) is 1.78. The van der Waals surface area contributed by atoms with Crippen LogP contribution in [0, 0.1) is 5.82 Å². The number of hydrogen-bond donors (Lipinski definition) is 2. The topological polar surface area (TPSA) is 107 Å². The molecule has 9 nitrogen and oxygen atoms in total. The van der Waals surface area contributed by atoms with Crippen LogP contribution >= 0.6 is 11.8 Å². The predicted molar refractivity (Wildman–Crippen MR) is 115 cm³/mol. The molecule has 0 unspecified atom stereocenters. The number of halogens is 1. The molecular weight excluding hydrogens is 437 g/mol. The summed E-state index contributed by atoms with van der Waals surface area (Å²) in [5, 5.41) is 14.3. The lowest BCUT2D eigenvalue weighted by Crippen LogP contribution is -2.27. The van der Waals surface area contributed by atoms with Crippen LogP contribution in [0.3, 0.4) is 0 Å². The van der Waals surface area contributed by atoms with Crippen molar-refractivity contribution in [1.82, 2.24) is 20.1 Å². The molecular formula is C21H20FN5O4S. The Morgan fingerprint density at radius 2 is 1.97 bits per heavy atom. The molecule has 2 heterocycles. The van der Waals surface area contributed by atoms with Crippen molar-refractivity contribution in [3.8, 4) is 11.5 Å². The summed E-state index contributed by atoms with van der Waals surface area (Å²) in [5.41, 5.74) is 0.610. The molecule has 0 spiro atoms. The van der Waals surface area contributed by atoms with Crippen molar-refractivity contribution in [3.63, 3.8) is 0 Å². The van der Waals surface area contributed by atoms with Gasteiger partial charge in [-0.2, -0.15) is 0 Å². The van der Waals surface area contributed by atoms with Gasteiger partial charge >= 0.3 is 0 Å². The number of aromatic nitrogens is 3. The van der Waals surface area contributed by atoms with Crippen LogP contribution in [0.2, 0.25) is 0 Å². The van der Waals surface area contributed by atoms with E-state index >= 15 is 0 Å². The monoisotopic (exact) mass is 457 g/mol. The van der Waals surface area contributed by atoms with Gasteiger partial charge in [-0.3, -0.25) is 9.59 Å². The zero-order valence-corrected chi connectivity index (χ0v) is 17.9. The highest BCUT2D eigenvalue weighted by Gasteiger charge is 2.16. The summed E-state index contributed by atoms with van der Waals surface area (Å²) >= 11 is 1.24. The Bertz CT molecular complexity index is 1150. The fourth-order valence-electron chi connectivity index (χ4n) is 3.02. The number of hydrogen-bond acceptors (Lipinski definition) is 7. The van der Waals surface area contributed by atoms with Gasteiger partial charge in [0.2, 0.25) is 12.7 Å². The van der Waals surface area contributed by atoms with Gasteiger partial charge in [0, 0.05) is 31.8 Å². The molecule has 166 valence electrons. The molecule has 32 heavy (non-hydrogen) atoms. The van der Waals surface area contributed by atoms with Crippen LogP contribution in [0.5, 0.6) is 11.5 Å². The highest BCUT2D eigenvalue weighted by molar-refractivity contribution is 7.99. The maximum Gasteiger partial charge on any atom is 0.254 e. The van der Waals surface area contributed by atoms with Gasteiger partial charge in [0.05, 0.1) is 11.3 Å². The third kappa shape index (κ3) is 4.99. The normalized spacial score (nSPS) is 11.9. The molecule has 0 bridgehead atoms. The van der Waals surface area contributed by atoms with Crippen LogP contribution in [-0.4, -0.2) is 45.7 Å². The van der Waals surface area contributed by atoms with Gasteiger partial charge in [-0.05, 0) is 24.3 Å². The van der Waals surface area contributed by atoms with Crippen molar-refractivity contribution in [3.05, 3.63) is 59.7 Å². The highest BCUT2D eigenvalue weighted by Crippen LogP contribution is 2.34. The van der Waals surface area contributed by atoms with Crippen molar-refractivity contribution in [2.45, 2.75) is 11.6 Å². The summed E-state index contributed by atoms with van der Waals surface area (Å²) in [6.45, 7) is 0.443. The average Bonchev–Trinajstić information content (AvgIpc) is 3.39. The minimum atomic E-state index is -0.568. The summed E-state index contributed by atoms with van der Waals surface area (Å²) in [6.07, 6.45) is 0.410. The first kappa shape index (κ1) is 21.6. The van der Waals surface area contributed by atoms with Crippen LogP contribution in [0.15, 0.2) is 47.6 Å². The van der Waals surface area contributed by atoms with Crippen LogP contribution in [-0.2, 0) is 18.3 Å². The number of rotatable bonds is 8. The number of anilines is 1. The molecule has 11 heteroatoms. The minimum Gasteiger partial charge on any atom is -0.454 e. The van der Waals surface area contributed by atoms with Crippen molar-refractivity contribution in [2.75, 3.05) is 24.4 Å². The number of nitrogens with zero attached hydrogens (tertiary/aromatic N) is 3. The van der Waals surface area contributed by atoms with E-state index in [2.05, 4.69) is 20.8 Å². The molecule has 0 radical (unpaired) electrons. The minimum absolute atomic E-state index is 0.00446. The number of fused-ring (bicyclic) bond motifs is 1. The molecule has 0 saturated carbocycles. The molecule has 1 aliphatic rings. The number of ether oxygens (including phenoxy) is 2. The van der Waals surface area contributed by atoms with Gasteiger partial charge in [-0.25, -0.2) is 4.39 Å². The molecule has 2 amide bonds. The first-order chi connectivity index (χ1) is 15.5. The van der Waals surface area contributed by atoms with E-state index in [0.29, 0.717) is 34.6 Å². The molecule has 1 aromatic heterocycles. The number of thioether (sulfide) groups is 1. The smallest absolute Gasteiger partial charge is 0.254 e. The van der Waals surface area contributed by atoms with Gasteiger partial charge < -0.3 is 24.7 Å². The first-order valence-corrected chi connectivity index (χ1v) is 10.7. The van der Waals surface area contributed by atoms with Gasteiger partial charge in [0.1, 0.15) is 11.6 Å². The molecule has 4 rings (SSSR count). The van der Waals surface area contributed by atoms with Gasteiger partial charge in [0.25, 0.3) is 5.91 Å². The Hall–Kier alpha value is -3.60. The molecule has 0 atom stereocenters. The Morgan fingerprint density at radius 3 is 2.81 bits per heavy atom. The third-order valence-corrected chi connectivity index (χ3v) is 5.69. The van der Waals surface area contributed by atoms with Gasteiger partial charge in [0.15, 0.2) is 16.7 Å². The van der Waals surface area contributed by atoms with Crippen LogP contribution in [0.1, 0.15) is 16.2 Å². The molecule has 3 aromatic rings. The van der Waals surface area contributed by atoms with Crippen LogP contribution < -0.4 is 20.1 Å². The summed E-state index contributed by atoms with van der Waals surface area (Å²) in [6, 6.07) is 11.0. The molecule has 1 aliphatic heterocycles. The SMILES string of the molecule is Cn1c(CCNC(=O)c2ccccc2F)nnc1SCC(=O)Nc1ccc2c(c1)OCO2. The van der Waals surface area contributed by atoms with E-state index in [0.717, 1.165) is 0 Å². The van der Waals surface area contributed by atoms with E-state index < -0.39 is 11.7 Å². The van der Waals surface area contributed by atoms with Crippen LogP contribution in [0.4, 0.5) is 10.1 Å². The number of amides is 2. The van der Waals surface area contributed by atoms with E-state index in [1.165, 1.54) is 30.0 Å². The molecule has 0 aliphatic carbocycles. The fourth-order valence-corrected chi connectivity index (χ4v) is 3.75. The molecule has 0 fully saturated rings. The van der Waals surface area contributed by atoms with E-state index in [9.17, 15) is 14.0 Å². The van der Waals surface area contributed by atoms with E-state index in [4.69, 9.17) is 9.47 Å². The Labute approximate surface area is 187 Å². The first-order valence-electron chi connectivity index (χ1n) is 9.74. The van der Waals surface area contributed by atoms with E-state index in [1.54, 1.807) is 35.9 Å². The Morgan fingerprint density at radius 1 is 1.16 bits per heavy atom. The molecule has 2 aromatic carbocycles. The molecule has 0 saturated heterocycles. The summed E-state index contributed by atoms with van der Waals surface area (Å²) < 4.78 is 26.0. The molecule has 2 N–H and O–H groups in total. The van der Waals surface area contributed by atoms with Crippen molar-refractivity contribution in [2.24, 2.45) is 7.05 Å². The highest BCUT2D eigenvalue weighted by atomic mass is 32.2. The lowest BCUT2D eigenvalue weighted by molar-refractivity contribution is -0.113. The number of carbonyl (C=O) groups is 2. The van der Waals surface area contributed by atoms with E-state index in [1.807, 2.05) is 0 Å². The number of benzene rings is 2. The number of carbonyl (C=O) groups excluding carboxylic acids is 2.